The van der Waals surface area contributed by atoms with E-state index in [0.717, 1.165) is 18.8 Å². The zero-order chi connectivity index (χ0) is 9.97. The van der Waals surface area contributed by atoms with Gasteiger partial charge in [-0.15, -0.1) is 0 Å². The van der Waals surface area contributed by atoms with Crippen molar-refractivity contribution in [3.05, 3.63) is 12.4 Å². The summed E-state index contributed by atoms with van der Waals surface area (Å²) in [7, 11) is 0. The molecule has 5 heteroatoms. The van der Waals surface area contributed by atoms with Gasteiger partial charge in [0, 0.05) is 6.61 Å². The van der Waals surface area contributed by atoms with Crippen molar-refractivity contribution in [1.29, 1.82) is 0 Å². The minimum atomic E-state index is 0.231. The molecule has 0 amide bonds. The van der Waals surface area contributed by atoms with Crippen molar-refractivity contribution in [2.75, 3.05) is 17.7 Å². The van der Waals surface area contributed by atoms with Crippen LogP contribution in [0.15, 0.2) is 12.4 Å². The van der Waals surface area contributed by atoms with E-state index in [-0.39, 0.29) is 6.10 Å². The molecule has 1 aliphatic heterocycles. The molecule has 0 radical (unpaired) electrons. The van der Waals surface area contributed by atoms with E-state index in [9.17, 15) is 0 Å². The van der Waals surface area contributed by atoms with Gasteiger partial charge in [-0.3, -0.25) is 0 Å². The molecule has 0 spiro atoms. The molecule has 0 bridgehead atoms. The van der Waals surface area contributed by atoms with Crippen molar-refractivity contribution in [3.8, 4) is 0 Å². The Labute approximate surface area is 82.7 Å². The Morgan fingerprint density at radius 1 is 1.50 bits per heavy atom. The number of aromatic nitrogens is 2. The second-order valence-electron chi connectivity index (χ2n) is 3.44. The molecule has 5 nitrogen and oxygen atoms in total. The van der Waals surface area contributed by atoms with Crippen LogP contribution >= 0.6 is 0 Å². The molecule has 14 heavy (non-hydrogen) atoms. The van der Waals surface area contributed by atoms with Gasteiger partial charge < -0.3 is 15.8 Å². The number of nitrogen functional groups attached to an aromatic ring is 1. The van der Waals surface area contributed by atoms with Crippen molar-refractivity contribution in [3.63, 3.8) is 0 Å². The van der Waals surface area contributed by atoms with Gasteiger partial charge in [-0.2, -0.15) is 0 Å². The van der Waals surface area contributed by atoms with Gasteiger partial charge in [0.2, 0.25) is 0 Å². The van der Waals surface area contributed by atoms with Crippen LogP contribution in [0.5, 0.6) is 0 Å². The third-order valence-electron chi connectivity index (χ3n) is 2.38. The summed E-state index contributed by atoms with van der Waals surface area (Å²) in [6.45, 7) is 2.86. The third kappa shape index (κ3) is 1.93. The lowest BCUT2D eigenvalue weighted by Gasteiger charge is -2.15. The second-order valence-corrected chi connectivity index (χ2v) is 3.44. The molecule has 2 rings (SSSR count). The maximum atomic E-state index is 5.44. The van der Waals surface area contributed by atoms with Gasteiger partial charge in [-0.05, 0) is 13.3 Å². The quantitative estimate of drug-likeness (QED) is 0.723. The van der Waals surface area contributed by atoms with Crippen molar-refractivity contribution >= 4 is 11.6 Å². The summed E-state index contributed by atoms with van der Waals surface area (Å²) in [6, 6.07) is 0.327. The lowest BCUT2D eigenvalue weighted by molar-refractivity contribution is 0.121. The molecule has 3 N–H and O–H groups in total. The van der Waals surface area contributed by atoms with E-state index in [1.54, 1.807) is 12.4 Å². The van der Waals surface area contributed by atoms with Crippen LogP contribution in [-0.2, 0) is 4.74 Å². The van der Waals surface area contributed by atoms with Crippen molar-refractivity contribution in [2.45, 2.75) is 25.5 Å². The van der Waals surface area contributed by atoms with Gasteiger partial charge >= 0.3 is 0 Å². The third-order valence-corrected chi connectivity index (χ3v) is 2.38. The Hall–Kier alpha value is -1.36. The fourth-order valence-electron chi connectivity index (χ4n) is 1.52. The van der Waals surface area contributed by atoms with E-state index in [1.165, 1.54) is 0 Å². The number of ether oxygens (including phenoxy) is 1. The summed E-state index contributed by atoms with van der Waals surface area (Å²) < 4.78 is 5.43. The topological polar surface area (TPSA) is 73.1 Å². The number of nitrogens with zero attached hydrogens (tertiary/aromatic N) is 2. The highest BCUT2D eigenvalue weighted by Crippen LogP contribution is 2.16. The first-order chi connectivity index (χ1) is 6.75. The van der Waals surface area contributed by atoms with Crippen molar-refractivity contribution in [1.82, 2.24) is 9.97 Å². The summed E-state index contributed by atoms with van der Waals surface area (Å²) in [6.07, 6.45) is 4.42. The fraction of sp³-hybridized carbons (Fsp3) is 0.556. The molecule has 1 fully saturated rings. The normalized spacial score (nSPS) is 26.4. The Bertz CT molecular complexity index is 300. The first-order valence-electron chi connectivity index (χ1n) is 4.71. The molecule has 1 aliphatic rings. The summed E-state index contributed by atoms with van der Waals surface area (Å²) in [5, 5.41) is 3.26. The molecule has 2 atom stereocenters. The van der Waals surface area contributed by atoms with E-state index in [0.29, 0.717) is 11.9 Å². The molecule has 2 heterocycles. The van der Waals surface area contributed by atoms with Crippen LogP contribution < -0.4 is 11.1 Å². The van der Waals surface area contributed by atoms with Gasteiger partial charge in [-0.25, -0.2) is 9.97 Å². The average Bonchev–Trinajstić information content (AvgIpc) is 2.56. The average molecular weight is 194 g/mol. The Morgan fingerprint density at radius 3 is 2.93 bits per heavy atom. The molecule has 1 aromatic heterocycles. The molecule has 2 unspecified atom stereocenters. The van der Waals surface area contributed by atoms with Gasteiger partial charge in [0.05, 0.1) is 24.5 Å². The highest BCUT2D eigenvalue weighted by Gasteiger charge is 2.24. The number of hydrogen-bond acceptors (Lipinski definition) is 5. The van der Waals surface area contributed by atoms with Gasteiger partial charge in [0.1, 0.15) is 11.6 Å². The first-order valence-corrected chi connectivity index (χ1v) is 4.71. The van der Waals surface area contributed by atoms with Crippen LogP contribution in [0.4, 0.5) is 11.6 Å². The molecule has 0 aliphatic carbocycles. The highest BCUT2D eigenvalue weighted by molar-refractivity contribution is 5.37. The molecule has 1 saturated heterocycles. The smallest absolute Gasteiger partial charge is 0.144 e. The largest absolute Gasteiger partial charge is 0.382 e. The molecule has 1 aromatic rings. The van der Waals surface area contributed by atoms with Crippen molar-refractivity contribution in [2.24, 2.45) is 0 Å². The van der Waals surface area contributed by atoms with Crippen LogP contribution in [0, 0.1) is 0 Å². The van der Waals surface area contributed by atoms with Crippen LogP contribution in [0.2, 0.25) is 0 Å². The molecular weight excluding hydrogens is 180 g/mol. The number of nitrogens with two attached hydrogens (primary N) is 1. The van der Waals surface area contributed by atoms with Gasteiger partial charge in [0.25, 0.3) is 0 Å². The second kappa shape index (κ2) is 3.79. The zero-order valence-electron chi connectivity index (χ0n) is 8.10. The zero-order valence-corrected chi connectivity index (χ0v) is 8.10. The van der Waals surface area contributed by atoms with Crippen LogP contribution in [0.1, 0.15) is 13.3 Å². The predicted molar refractivity (Wildman–Crippen MR) is 53.9 cm³/mol. The standard InChI is InChI=1S/C9H14N4O/c1-6-7(2-3-14-6)13-9-5-11-8(10)4-12-9/h4-7H,2-3H2,1H3,(H2,10,11)(H,12,13). The predicted octanol–water partition coefficient (Wildman–Crippen LogP) is 0.648. The Balaban J connectivity index is 2.00. The Morgan fingerprint density at radius 2 is 2.36 bits per heavy atom. The van der Waals surface area contributed by atoms with Crippen LogP contribution in [-0.4, -0.2) is 28.7 Å². The summed E-state index contributed by atoms with van der Waals surface area (Å²) in [4.78, 5) is 8.08. The molecule has 76 valence electrons. The van der Waals surface area contributed by atoms with Gasteiger partial charge in [0.15, 0.2) is 0 Å². The highest BCUT2D eigenvalue weighted by atomic mass is 16.5. The fourth-order valence-corrected chi connectivity index (χ4v) is 1.52. The van der Waals surface area contributed by atoms with E-state index < -0.39 is 0 Å². The van der Waals surface area contributed by atoms with Crippen LogP contribution in [0.3, 0.4) is 0 Å². The number of hydrogen-bond donors (Lipinski definition) is 2. The van der Waals surface area contributed by atoms with Crippen molar-refractivity contribution < 1.29 is 4.74 Å². The lowest BCUT2D eigenvalue weighted by Crippen LogP contribution is -2.27. The minimum absolute atomic E-state index is 0.231. The molecular formula is C9H14N4O. The summed E-state index contributed by atoms with van der Waals surface area (Å²) in [5.41, 5.74) is 5.44. The summed E-state index contributed by atoms with van der Waals surface area (Å²) in [5.74, 6) is 1.19. The van der Waals surface area contributed by atoms with Crippen LogP contribution in [0.25, 0.3) is 0 Å². The first kappa shape index (κ1) is 9.21. The number of rotatable bonds is 2. The molecule has 0 aromatic carbocycles. The number of anilines is 2. The maximum absolute atomic E-state index is 5.44. The van der Waals surface area contributed by atoms with E-state index in [2.05, 4.69) is 22.2 Å². The van der Waals surface area contributed by atoms with E-state index >= 15 is 0 Å². The van der Waals surface area contributed by atoms with E-state index in [4.69, 9.17) is 10.5 Å². The number of nitrogens with one attached hydrogen (secondary N) is 1. The molecule has 0 saturated carbocycles. The summed E-state index contributed by atoms with van der Waals surface area (Å²) >= 11 is 0. The Kier molecular flexibility index (Phi) is 2.49. The maximum Gasteiger partial charge on any atom is 0.144 e. The monoisotopic (exact) mass is 194 g/mol. The lowest BCUT2D eigenvalue weighted by atomic mass is 10.1. The van der Waals surface area contributed by atoms with E-state index in [1.807, 2.05) is 0 Å². The van der Waals surface area contributed by atoms with Gasteiger partial charge in [-0.1, -0.05) is 0 Å². The SMILES string of the molecule is CC1OCCC1Nc1cnc(N)cn1. The minimum Gasteiger partial charge on any atom is -0.382 e.